The van der Waals surface area contributed by atoms with Crippen LogP contribution in [0.3, 0.4) is 0 Å². The third-order valence-corrected chi connectivity index (χ3v) is 5.01. The molecule has 1 unspecified atom stereocenters. The van der Waals surface area contributed by atoms with Crippen molar-refractivity contribution in [3.05, 3.63) is 35.9 Å². The molecule has 10 heteroatoms. The molecule has 1 N–H and O–H groups in total. The van der Waals surface area contributed by atoms with Crippen LogP contribution < -0.4 is 10.1 Å². The van der Waals surface area contributed by atoms with E-state index in [1.165, 1.54) is 18.0 Å². The van der Waals surface area contributed by atoms with E-state index in [4.69, 9.17) is 4.74 Å². The van der Waals surface area contributed by atoms with Crippen molar-refractivity contribution in [3.8, 4) is 22.9 Å². The minimum Gasteiger partial charge on any atom is -0.494 e. The maximum absolute atomic E-state index is 14.3. The Kier molecular flexibility index (Phi) is 5.28. The van der Waals surface area contributed by atoms with Gasteiger partial charge in [-0.2, -0.15) is 15.5 Å². The molecule has 3 aromatic heterocycles. The first-order valence-electron chi connectivity index (χ1n) is 8.54. The molecule has 0 aromatic carbocycles. The largest absolute Gasteiger partial charge is 0.494 e. The number of aromatic nitrogens is 4. The molecule has 148 valence electrons. The van der Waals surface area contributed by atoms with Gasteiger partial charge in [-0.15, -0.1) is 12.4 Å². The van der Waals surface area contributed by atoms with Gasteiger partial charge in [0.05, 0.1) is 26.0 Å². The highest BCUT2D eigenvalue weighted by Gasteiger charge is 2.44. The summed E-state index contributed by atoms with van der Waals surface area (Å²) < 4.78 is 37.0. The van der Waals surface area contributed by atoms with Gasteiger partial charge in [-0.3, -0.25) is 4.68 Å². The molecule has 3 aromatic rings. The van der Waals surface area contributed by atoms with Crippen LogP contribution in [0.2, 0.25) is 0 Å². The predicted octanol–water partition coefficient (Wildman–Crippen LogP) is 2.98. The first-order valence-corrected chi connectivity index (χ1v) is 8.54. The number of hydrogen-bond acceptors (Lipinski definition) is 5. The van der Waals surface area contributed by atoms with E-state index in [-0.39, 0.29) is 19.0 Å². The molecule has 0 radical (unpaired) electrons. The van der Waals surface area contributed by atoms with E-state index < -0.39 is 12.0 Å². The lowest BCUT2D eigenvalue weighted by Crippen LogP contribution is -2.47. The lowest BCUT2D eigenvalue weighted by atomic mass is 10.0. The number of nitriles is 1. The lowest BCUT2D eigenvalue weighted by molar-refractivity contribution is -0.0703. The van der Waals surface area contributed by atoms with E-state index in [1.807, 2.05) is 0 Å². The number of alkyl halides is 2. The normalized spacial score (nSPS) is 18.5. The zero-order valence-electron chi connectivity index (χ0n) is 15.3. The Bertz CT molecular complexity index is 1050. The molecule has 1 atom stereocenters. The summed E-state index contributed by atoms with van der Waals surface area (Å²) in [6.45, 7) is 1.95. The quantitative estimate of drug-likeness (QED) is 0.720. The fraction of sp³-hybridized carbons (Fsp3) is 0.389. The van der Waals surface area contributed by atoms with Crippen LogP contribution in [-0.4, -0.2) is 45.5 Å². The number of hydrogen-bond donors (Lipinski definition) is 1. The second-order valence-corrected chi connectivity index (χ2v) is 6.59. The molecule has 0 aliphatic carbocycles. The van der Waals surface area contributed by atoms with Gasteiger partial charge < -0.3 is 10.1 Å². The van der Waals surface area contributed by atoms with Gasteiger partial charge in [-0.25, -0.2) is 13.3 Å². The van der Waals surface area contributed by atoms with Gasteiger partial charge in [0.1, 0.15) is 28.9 Å². The van der Waals surface area contributed by atoms with E-state index in [9.17, 15) is 14.0 Å². The third-order valence-electron chi connectivity index (χ3n) is 5.01. The van der Waals surface area contributed by atoms with Crippen LogP contribution in [0.25, 0.3) is 16.6 Å². The van der Waals surface area contributed by atoms with E-state index in [0.29, 0.717) is 35.5 Å². The summed E-state index contributed by atoms with van der Waals surface area (Å²) in [6, 6.07) is 2.87. The highest BCUT2D eigenvalue weighted by Crippen LogP contribution is 2.37. The van der Waals surface area contributed by atoms with Crippen molar-refractivity contribution in [1.29, 1.82) is 5.26 Å². The monoisotopic (exact) mass is 408 g/mol. The van der Waals surface area contributed by atoms with Crippen molar-refractivity contribution in [2.75, 3.05) is 20.2 Å². The molecule has 0 bridgehead atoms. The van der Waals surface area contributed by atoms with Crippen molar-refractivity contribution in [1.82, 2.24) is 24.7 Å². The van der Waals surface area contributed by atoms with Gasteiger partial charge >= 0.3 is 0 Å². The third kappa shape index (κ3) is 3.08. The number of halogens is 3. The van der Waals surface area contributed by atoms with Gasteiger partial charge in [0.2, 0.25) is 0 Å². The summed E-state index contributed by atoms with van der Waals surface area (Å²) >= 11 is 0. The fourth-order valence-electron chi connectivity index (χ4n) is 3.61. The Morgan fingerprint density at radius 3 is 2.82 bits per heavy atom. The highest BCUT2D eigenvalue weighted by molar-refractivity contribution is 5.85. The topological polar surface area (TPSA) is 80.2 Å². The minimum atomic E-state index is -2.86. The maximum Gasteiger partial charge on any atom is 0.282 e. The van der Waals surface area contributed by atoms with E-state index >= 15 is 0 Å². The molecule has 4 heterocycles. The van der Waals surface area contributed by atoms with Crippen molar-refractivity contribution in [3.63, 3.8) is 0 Å². The van der Waals surface area contributed by atoms with Crippen molar-refractivity contribution in [2.45, 2.75) is 25.3 Å². The summed E-state index contributed by atoms with van der Waals surface area (Å²) in [5, 5.41) is 20.4. The number of nitrogens with one attached hydrogen (secondary N) is 1. The number of pyridine rings is 1. The molecule has 28 heavy (non-hydrogen) atoms. The number of methoxy groups -OCH3 is 1. The summed E-state index contributed by atoms with van der Waals surface area (Å²) in [5.41, 5.74) is 3.07. The summed E-state index contributed by atoms with van der Waals surface area (Å²) in [5.74, 6) is -2.38. The Morgan fingerprint density at radius 2 is 2.14 bits per heavy atom. The first-order chi connectivity index (χ1) is 13.0. The molecule has 0 saturated carbocycles. The summed E-state index contributed by atoms with van der Waals surface area (Å²) in [4.78, 5) is 0. The van der Waals surface area contributed by atoms with E-state index in [2.05, 4.69) is 21.6 Å². The SMILES string of the molecule is COc1cc(-c2cnn(C3CCNCC3(F)F)c2C)cn2ncc(C#N)c12.Cl. The number of piperidine rings is 1. The van der Waals surface area contributed by atoms with Crippen LogP contribution >= 0.6 is 12.4 Å². The fourth-order valence-corrected chi connectivity index (χ4v) is 3.61. The van der Waals surface area contributed by atoms with Crippen LogP contribution in [0.15, 0.2) is 24.7 Å². The summed E-state index contributed by atoms with van der Waals surface area (Å²) in [7, 11) is 1.51. The molecular weight excluding hydrogens is 390 g/mol. The molecule has 1 fully saturated rings. The Balaban J connectivity index is 0.00000225. The highest BCUT2D eigenvalue weighted by atomic mass is 35.5. The number of rotatable bonds is 3. The Labute approximate surface area is 166 Å². The van der Waals surface area contributed by atoms with Crippen molar-refractivity contribution >= 4 is 17.9 Å². The molecular formula is C18H19ClF2N6O. The van der Waals surface area contributed by atoms with Crippen LogP contribution in [0.5, 0.6) is 5.75 Å². The van der Waals surface area contributed by atoms with Gasteiger partial charge in [0.15, 0.2) is 0 Å². The predicted molar refractivity (Wildman–Crippen MR) is 101 cm³/mol. The molecule has 0 amide bonds. The Hall–Kier alpha value is -2.70. The van der Waals surface area contributed by atoms with Gasteiger partial charge in [0, 0.05) is 23.0 Å². The van der Waals surface area contributed by atoms with Gasteiger partial charge in [-0.1, -0.05) is 0 Å². The summed E-state index contributed by atoms with van der Waals surface area (Å²) in [6.07, 6.45) is 5.10. The second-order valence-electron chi connectivity index (χ2n) is 6.59. The van der Waals surface area contributed by atoms with Crippen LogP contribution in [0, 0.1) is 18.3 Å². The number of nitrogens with zero attached hydrogens (tertiary/aromatic N) is 5. The number of ether oxygens (including phenoxy) is 1. The van der Waals surface area contributed by atoms with Crippen molar-refractivity contribution in [2.24, 2.45) is 0 Å². The van der Waals surface area contributed by atoms with Gasteiger partial charge in [-0.05, 0) is 26.0 Å². The average Bonchev–Trinajstić information content (AvgIpc) is 3.24. The molecule has 4 rings (SSSR count). The van der Waals surface area contributed by atoms with E-state index in [0.717, 1.165) is 11.1 Å². The van der Waals surface area contributed by atoms with E-state index in [1.54, 1.807) is 29.9 Å². The van der Waals surface area contributed by atoms with Crippen molar-refractivity contribution < 1.29 is 13.5 Å². The smallest absolute Gasteiger partial charge is 0.282 e. The van der Waals surface area contributed by atoms with Crippen LogP contribution in [0.4, 0.5) is 8.78 Å². The zero-order valence-corrected chi connectivity index (χ0v) is 16.1. The minimum absolute atomic E-state index is 0. The van der Waals surface area contributed by atoms with Crippen LogP contribution in [-0.2, 0) is 0 Å². The Morgan fingerprint density at radius 1 is 1.36 bits per heavy atom. The molecule has 1 aliphatic rings. The van der Waals surface area contributed by atoms with Crippen LogP contribution in [0.1, 0.15) is 23.7 Å². The number of fused-ring (bicyclic) bond motifs is 1. The first kappa shape index (κ1) is 20.0. The molecule has 1 saturated heterocycles. The molecule has 0 spiro atoms. The average molecular weight is 409 g/mol. The second kappa shape index (κ2) is 7.37. The zero-order chi connectivity index (χ0) is 19.2. The molecule has 7 nitrogen and oxygen atoms in total. The molecule has 1 aliphatic heterocycles. The standard InChI is InChI=1S/C18H18F2N6O.ClH/c1-11-14(8-24-26(11)16-3-4-22-10-18(16,19)20)12-5-15(27-2)17-13(6-21)7-23-25(17)9-12;/h5,7-9,16,22H,3-4,10H2,1-2H3;1H. The van der Waals surface area contributed by atoms with Gasteiger partial charge in [0.25, 0.3) is 5.92 Å². The maximum atomic E-state index is 14.3. The lowest BCUT2D eigenvalue weighted by Gasteiger charge is -2.32.